The first kappa shape index (κ1) is 20.9. The Hall–Kier alpha value is -3.66. The Morgan fingerprint density at radius 1 is 1.03 bits per heavy atom. The molecule has 0 spiro atoms. The lowest BCUT2D eigenvalue weighted by molar-refractivity contribution is -0.117. The van der Waals surface area contributed by atoms with Crippen LogP contribution in [-0.4, -0.2) is 72.2 Å². The average molecular weight is 458 g/mol. The highest BCUT2D eigenvalue weighted by Crippen LogP contribution is 2.24. The predicted octanol–water partition coefficient (Wildman–Crippen LogP) is 2.39. The first-order valence-corrected chi connectivity index (χ1v) is 11.8. The van der Waals surface area contributed by atoms with Crippen molar-refractivity contribution in [1.82, 2.24) is 39.6 Å². The molecule has 2 aliphatic rings. The molecule has 3 aromatic heterocycles. The van der Waals surface area contributed by atoms with Gasteiger partial charge < -0.3 is 9.80 Å². The summed E-state index contributed by atoms with van der Waals surface area (Å²) < 4.78 is 3.82. The van der Waals surface area contributed by atoms with Crippen LogP contribution in [0.15, 0.2) is 42.9 Å². The third-order valence-corrected chi connectivity index (χ3v) is 6.80. The summed E-state index contributed by atoms with van der Waals surface area (Å²) in [6.07, 6.45) is 10.1. The lowest BCUT2D eigenvalue weighted by Crippen LogP contribution is -2.31. The number of amides is 1. The van der Waals surface area contributed by atoms with Gasteiger partial charge in [-0.2, -0.15) is 9.78 Å². The summed E-state index contributed by atoms with van der Waals surface area (Å²) >= 11 is 0. The zero-order valence-corrected chi connectivity index (χ0v) is 19.2. The molecule has 34 heavy (non-hydrogen) atoms. The highest BCUT2D eigenvalue weighted by atomic mass is 16.2. The number of nitrogens with zero attached hydrogens (tertiary/aromatic N) is 9. The second-order valence-electron chi connectivity index (χ2n) is 9.20. The second-order valence-corrected chi connectivity index (χ2v) is 9.20. The number of hydrogen-bond donors (Lipinski definition) is 0. The molecule has 10 heteroatoms. The maximum Gasteiger partial charge on any atom is 0.227 e. The number of rotatable bonds is 5. The number of anilines is 1. The van der Waals surface area contributed by atoms with Gasteiger partial charge in [0.15, 0.2) is 11.2 Å². The molecule has 2 aliphatic heterocycles. The molecule has 0 N–H and O–H groups in total. The molecule has 4 aromatic rings. The van der Waals surface area contributed by atoms with E-state index in [1.807, 2.05) is 35.4 Å². The number of carbonyl (C=O) groups is 1. The van der Waals surface area contributed by atoms with Gasteiger partial charge in [-0.1, -0.05) is 5.21 Å². The minimum atomic E-state index is 0.176. The van der Waals surface area contributed by atoms with Crippen LogP contribution in [0.3, 0.4) is 0 Å². The molecule has 0 aliphatic carbocycles. The molecule has 1 aromatic carbocycles. The quantitative estimate of drug-likeness (QED) is 0.454. The molecule has 2 saturated heterocycles. The molecule has 0 bridgehead atoms. The number of likely N-dealkylation sites (tertiary alicyclic amines) is 1. The van der Waals surface area contributed by atoms with Crippen LogP contribution in [0.25, 0.3) is 16.9 Å². The van der Waals surface area contributed by atoms with E-state index in [1.54, 1.807) is 10.9 Å². The molecular weight excluding hydrogens is 430 g/mol. The van der Waals surface area contributed by atoms with E-state index in [-0.39, 0.29) is 5.91 Å². The van der Waals surface area contributed by atoms with Crippen LogP contribution in [0.2, 0.25) is 0 Å². The van der Waals surface area contributed by atoms with E-state index < -0.39 is 0 Å². The largest absolute Gasteiger partial charge is 0.312 e. The summed E-state index contributed by atoms with van der Waals surface area (Å²) in [7, 11) is 2.17. The zero-order chi connectivity index (χ0) is 23.1. The Bertz CT molecular complexity index is 1320. The van der Waals surface area contributed by atoms with Gasteiger partial charge >= 0.3 is 0 Å². The second kappa shape index (κ2) is 8.60. The van der Waals surface area contributed by atoms with Crippen molar-refractivity contribution < 1.29 is 4.79 Å². The summed E-state index contributed by atoms with van der Waals surface area (Å²) in [6, 6.07) is 8.25. The molecule has 10 nitrogen and oxygen atoms in total. The van der Waals surface area contributed by atoms with Crippen molar-refractivity contribution in [2.75, 3.05) is 31.6 Å². The Morgan fingerprint density at radius 2 is 1.82 bits per heavy atom. The topological polar surface area (TPSA) is 97.9 Å². The van der Waals surface area contributed by atoms with Crippen LogP contribution < -0.4 is 4.90 Å². The van der Waals surface area contributed by atoms with E-state index in [0.717, 1.165) is 55.8 Å². The number of hydrogen-bond acceptors (Lipinski definition) is 7. The minimum absolute atomic E-state index is 0.176. The number of benzene rings is 1. The number of aromatic nitrogens is 7. The first-order valence-electron chi connectivity index (χ1n) is 11.8. The maximum absolute atomic E-state index is 12.0. The van der Waals surface area contributed by atoms with E-state index in [1.165, 1.54) is 0 Å². The molecule has 6 rings (SSSR count). The zero-order valence-electron chi connectivity index (χ0n) is 19.2. The predicted molar refractivity (Wildman–Crippen MR) is 127 cm³/mol. The van der Waals surface area contributed by atoms with E-state index in [2.05, 4.69) is 43.2 Å². The van der Waals surface area contributed by atoms with Gasteiger partial charge in [0.25, 0.3) is 0 Å². The Labute approximate surface area is 197 Å². The van der Waals surface area contributed by atoms with Gasteiger partial charge in [-0.15, -0.1) is 5.10 Å². The van der Waals surface area contributed by atoms with Crippen molar-refractivity contribution in [1.29, 1.82) is 0 Å². The Kier molecular flexibility index (Phi) is 5.29. The molecule has 0 saturated carbocycles. The lowest BCUT2D eigenvalue weighted by Gasteiger charge is -2.28. The van der Waals surface area contributed by atoms with Crippen LogP contribution in [0, 0.1) is 0 Å². The molecule has 0 atom stereocenters. The smallest absolute Gasteiger partial charge is 0.227 e. The summed E-state index contributed by atoms with van der Waals surface area (Å²) in [4.78, 5) is 25.5. The van der Waals surface area contributed by atoms with Crippen molar-refractivity contribution in [2.24, 2.45) is 0 Å². The minimum Gasteiger partial charge on any atom is -0.312 e. The molecule has 2 fully saturated rings. The first-order chi connectivity index (χ1) is 16.6. The molecule has 174 valence electrons. The van der Waals surface area contributed by atoms with Crippen LogP contribution in [0.4, 0.5) is 5.69 Å². The molecule has 5 heterocycles. The normalized spacial score (nSPS) is 17.8. The van der Waals surface area contributed by atoms with Crippen molar-refractivity contribution in [3.8, 4) is 5.69 Å². The van der Waals surface area contributed by atoms with Crippen molar-refractivity contribution in [2.45, 2.75) is 38.1 Å². The van der Waals surface area contributed by atoms with E-state index in [0.29, 0.717) is 35.9 Å². The van der Waals surface area contributed by atoms with E-state index in [9.17, 15) is 4.79 Å². The SMILES string of the molecule is CN1CCC(n2cc(Cc3ncc4nnn(-c5ccc(N6CCCC6=O)cc5)c4n3)cn2)CC1. The van der Waals surface area contributed by atoms with Gasteiger partial charge in [-0.3, -0.25) is 9.48 Å². The molecular formula is C24H27N9O. The van der Waals surface area contributed by atoms with E-state index >= 15 is 0 Å². The van der Waals surface area contributed by atoms with E-state index in [4.69, 9.17) is 4.98 Å². The van der Waals surface area contributed by atoms with Gasteiger partial charge in [-0.05, 0) is 69.2 Å². The van der Waals surface area contributed by atoms with Crippen molar-refractivity contribution in [3.63, 3.8) is 0 Å². The number of fused-ring (bicyclic) bond motifs is 1. The summed E-state index contributed by atoms with van der Waals surface area (Å²) in [5.74, 6) is 0.883. The van der Waals surface area contributed by atoms with Crippen LogP contribution in [-0.2, 0) is 11.2 Å². The third-order valence-electron chi connectivity index (χ3n) is 6.80. The Morgan fingerprint density at radius 3 is 2.59 bits per heavy atom. The molecule has 1 amide bonds. The number of carbonyl (C=O) groups excluding carboxylic acids is 1. The monoisotopic (exact) mass is 457 g/mol. The van der Waals surface area contributed by atoms with Gasteiger partial charge in [-0.25, -0.2) is 9.97 Å². The maximum atomic E-state index is 12.0. The molecule has 0 unspecified atom stereocenters. The fraction of sp³-hybridized carbons (Fsp3) is 0.417. The summed E-state index contributed by atoms with van der Waals surface area (Å²) in [5, 5.41) is 13.1. The van der Waals surface area contributed by atoms with Crippen molar-refractivity contribution >= 4 is 22.8 Å². The van der Waals surface area contributed by atoms with Gasteiger partial charge in [0.1, 0.15) is 5.82 Å². The highest BCUT2D eigenvalue weighted by Gasteiger charge is 2.22. The van der Waals surface area contributed by atoms with Crippen LogP contribution >= 0.6 is 0 Å². The van der Waals surface area contributed by atoms with Crippen LogP contribution in [0.5, 0.6) is 0 Å². The van der Waals surface area contributed by atoms with Gasteiger partial charge in [0.05, 0.1) is 24.1 Å². The summed E-state index contributed by atoms with van der Waals surface area (Å²) in [5.41, 5.74) is 4.16. The lowest BCUT2D eigenvalue weighted by atomic mass is 10.1. The summed E-state index contributed by atoms with van der Waals surface area (Å²) in [6.45, 7) is 2.98. The molecule has 0 radical (unpaired) electrons. The standard InChI is InChI=1S/C24H27N9O/c1-30-11-8-19(9-12-30)32-16-17(14-26-32)13-22-25-15-21-24(27-22)33(29-28-21)20-6-4-18(5-7-20)31-10-2-3-23(31)34/h4-7,14-16,19H,2-3,8-13H2,1H3. The number of piperidine rings is 1. The van der Waals surface area contributed by atoms with Crippen molar-refractivity contribution in [3.05, 3.63) is 54.2 Å². The Balaban J connectivity index is 1.22. The highest BCUT2D eigenvalue weighted by molar-refractivity contribution is 5.95. The third kappa shape index (κ3) is 3.94. The average Bonchev–Trinajstić information content (AvgIpc) is 3.60. The fourth-order valence-electron chi connectivity index (χ4n) is 4.83. The fourth-order valence-corrected chi connectivity index (χ4v) is 4.83. The van der Waals surface area contributed by atoms with Gasteiger partial charge in [0, 0.05) is 31.3 Å². The van der Waals surface area contributed by atoms with Crippen LogP contribution in [0.1, 0.15) is 43.1 Å². The van der Waals surface area contributed by atoms with Gasteiger partial charge in [0.2, 0.25) is 5.91 Å².